The Balaban J connectivity index is 1.39. The fourth-order valence-corrected chi connectivity index (χ4v) is 4.33. The minimum absolute atomic E-state index is 0.217. The van der Waals surface area contributed by atoms with E-state index in [1.807, 2.05) is 0 Å². The summed E-state index contributed by atoms with van der Waals surface area (Å²) in [7, 11) is 0. The smallest absolute Gasteiger partial charge is 0.193 e. The van der Waals surface area contributed by atoms with Gasteiger partial charge in [0.2, 0.25) is 0 Å². The Morgan fingerprint density at radius 3 is 2.93 bits per heavy atom. The maximum Gasteiger partial charge on any atom is 0.193 e. The molecule has 0 radical (unpaired) electrons. The minimum atomic E-state index is -0.253. The van der Waals surface area contributed by atoms with Crippen LogP contribution < -0.4 is 10.1 Å². The molecule has 0 aromatic heterocycles. The van der Waals surface area contributed by atoms with E-state index in [4.69, 9.17) is 19.2 Å². The number of morpholine rings is 1. The number of ether oxygens (including phenoxy) is 3. The number of aliphatic imine (C=N–C) groups is 1. The summed E-state index contributed by atoms with van der Waals surface area (Å²) in [6.45, 7) is 9.78. The van der Waals surface area contributed by atoms with Crippen molar-refractivity contribution in [2.75, 3.05) is 59.3 Å². The van der Waals surface area contributed by atoms with E-state index in [1.165, 1.54) is 6.07 Å². The van der Waals surface area contributed by atoms with Gasteiger partial charge in [-0.2, -0.15) is 0 Å². The quantitative estimate of drug-likeness (QED) is 0.592. The second kappa shape index (κ2) is 9.73. The van der Waals surface area contributed by atoms with Crippen LogP contribution in [0.25, 0.3) is 0 Å². The first-order valence-corrected chi connectivity index (χ1v) is 10.6. The Morgan fingerprint density at radius 2 is 2.10 bits per heavy atom. The van der Waals surface area contributed by atoms with E-state index in [0.717, 1.165) is 75.2 Å². The molecule has 1 aromatic rings. The van der Waals surface area contributed by atoms with Crippen LogP contribution in [0.3, 0.4) is 0 Å². The maximum atomic E-state index is 13.9. The van der Waals surface area contributed by atoms with Crippen molar-refractivity contribution in [1.29, 1.82) is 0 Å². The Bertz CT molecular complexity index is 724. The van der Waals surface area contributed by atoms with Crippen molar-refractivity contribution in [2.24, 2.45) is 4.99 Å². The van der Waals surface area contributed by atoms with Crippen molar-refractivity contribution in [2.45, 2.75) is 32.4 Å². The van der Waals surface area contributed by atoms with E-state index in [0.29, 0.717) is 25.6 Å². The maximum absolute atomic E-state index is 13.9. The highest BCUT2D eigenvalue weighted by molar-refractivity contribution is 5.80. The van der Waals surface area contributed by atoms with Crippen LogP contribution in [0.4, 0.5) is 4.39 Å². The second-order valence-corrected chi connectivity index (χ2v) is 7.69. The zero-order valence-corrected chi connectivity index (χ0v) is 17.2. The van der Waals surface area contributed by atoms with Gasteiger partial charge in [0.1, 0.15) is 11.6 Å². The Kier molecular flexibility index (Phi) is 6.84. The third kappa shape index (κ3) is 4.99. The molecule has 3 aliphatic rings. The molecule has 3 heterocycles. The number of nitrogens with one attached hydrogen (secondary N) is 1. The average molecular weight is 407 g/mol. The molecular weight excluding hydrogens is 375 g/mol. The minimum Gasteiger partial charge on any atom is -0.467 e. The van der Waals surface area contributed by atoms with Crippen molar-refractivity contribution in [3.63, 3.8) is 0 Å². The summed E-state index contributed by atoms with van der Waals surface area (Å²) in [4.78, 5) is 9.70. The second-order valence-electron chi connectivity index (χ2n) is 7.69. The number of halogens is 1. The highest BCUT2D eigenvalue weighted by Crippen LogP contribution is 2.29. The summed E-state index contributed by atoms with van der Waals surface area (Å²) < 4.78 is 30.3. The van der Waals surface area contributed by atoms with Gasteiger partial charge in [0.15, 0.2) is 12.8 Å². The lowest BCUT2D eigenvalue weighted by Gasteiger charge is -2.32. The normalized spacial score (nSPS) is 23.0. The SMILES string of the molecule is CCNC(=NCCc1cc(F)cc2c1OCOC2)N1CCC(N2CCOCC2)C1. The van der Waals surface area contributed by atoms with Crippen LogP contribution in [-0.4, -0.2) is 81.1 Å². The van der Waals surface area contributed by atoms with E-state index < -0.39 is 0 Å². The molecule has 2 saturated heterocycles. The Labute approximate surface area is 171 Å². The highest BCUT2D eigenvalue weighted by Gasteiger charge is 2.30. The van der Waals surface area contributed by atoms with Gasteiger partial charge >= 0.3 is 0 Å². The van der Waals surface area contributed by atoms with Crippen molar-refractivity contribution < 1.29 is 18.6 Å². The molecule has 1 N–H and O–H groups in total. The van der Waals surface area contributed by atoms with Crippen LogP contribution in [0.15, 0.2) is 17.1 Å². The molecule has 1 aromatic carbocycles. The van der Waals surface area contributed by atoms with Crippen LogP contribution >= 0.6 is 0 Å². The zero-order valence-electron chi connectivity index (χ0n) is 17.2. The van der Waals surface area contributed by atoms with E-state index in [9.17, 15) is 4.39 Å². The molecule has 29 heavy (non-hydrogen) atoms. The summed E-state index contributed by atoms with van der Waals surface area (Å²) in [5, 5.41) is 3.42. The lowest BCUT2D eigenvalue weighted by molar-refractivity contribution is -0.0172. The number of fused-ring (bicyclic) bond motifs is 1. The molecule has 0 bridgehead atoms. The molecule has 4 rings (SSSR count). The molecule has 1 unspecified atom stereocenters. The molecule has 160 valence electrons. The largest absolute Gasteiger partial charge is 0.467 e. The van der Waals surface area contributed by atoms with Crippen molar-refractivity contribution >= 4 is 5.96 Å². The molecule has 0 aliphatic carbocycles. The van der Waals surface area contributed by atoms with Gasteiger partial charge in [-0.15, -0.1) is 0 Å². The number of rotatable bonds is 5. The van der Waals surface area contributed by atoms with Gasteiger partial charge in [0, 0.05) is 50.9 Å². The third-order valence-corrected chi connectivity index (χ3v) is 5.75. The first-order chi connectivity index (χ1) is 14.2. The van der Waals surface area contributed by atoms with Crippen LogP contribution in [0.5, 0.6) is 5.75 Å². The van der Waals surface area contributed by atoms with Crippen molar-refractivity contribution in [3.8, 4) is 5.75 Å². The number of hydrogen-bond donors (Lipinski definition) is 1. The van der Waals surface area contributed by atoms with Gasteiger partial charge in [-0.1, -0.05) is 0 Å². The van der Waals surface area contributed by atoms with Gasteiger partial charge in [-0.05, 0) is 37.5 Å². The van der Waals surface area contributed by atoms with Crippen LogP contribution in [0.1, 0.15) is 24.5 Å². The van der Waals surface area contributed by atoms with E-state index in [1.54, 1.807) is 6.07 Å². The Hall–Kier alpha value is -1.90. The Morgan fingerprint density at radius 1 is 1.24 bits per heavy atom. The van der Waals surface area contributed by atoms with Gasteiger partial charge in [-0.25, -0.2) is 4.39 Å². The molecule has 0 spiro atoms. The number of guanidine groups is 1. The topological polar surface area (TPSA) is 58.6 Å². The summed E-state index contributed by atoms with van der Waals surface area (Å²) in [6, 6.07) is 3.60. The third-order valence-electron chi connectivity index (χ3n) is 5.75. The lowest BCUT2D eigenvalue weighted by Crippen LogP contribution is -2.46. The number of nitrogens with zero attached hydrogens (tertiary/aromatic N) is 3. The first kappa shape index (κ1) is 20.4. The van der Waals surface area contributed by atoms with Crippen LogP contribution in [0, 0.1) is 5.82 Å². The molecule has 7 nitrogen and oxygen atoms in total. The zero-order chi connectivity index (χ0) is 20.1. The number of benzene rings is 1. The standard InChI is InChI=1S/C21H31FN4O3/c1-2-23-21(26-6-4-19(13-26)25-7-9-27-10-8-25)24-5-3-16-11-18(22)12-17-14-28-15-29-20(16)17/h11-12,19H,2-10,13-15H2,1H3,(H,23,24). The molecule has 8 heteroatoms. The van der Waals surface area contributed by atoms with Gasteiger partial charge < -0.3 is 24.4 Å². The molecule has 2 fully saturated rings. The summed E-state index contributed by atoms with van der Waals surface area (Å²) in [5.41, 5.74) is 1.63. The van der Waals surface area contributed by atoms with Crippen LogP contribution in [0.2, 0.25) is 0 Å². The number of likely N-dealkylation sites (tertiary alicyclic amines) is 1. The lowest BCUT2D eigenvalue weighted by atomic mass is 10.1. The van der Waals surface area contributed by atoms with E-state index in [-0.39, 0.29) is 12.6 Å². The van der Waals surface area contributed by atoms with Gasteiger partial charge in [-0.3, -0.25) is 9.89 Å². The molecule has 0 saturated carbocycles. The highest BCUT2D eigenvalue weighted by atomic mass is 19.1. The van der Waals surface area contributed by atoms with Crippen molar-refractivity contribution in [3.05, 3.63) is 29.1 Å². The number of hydrogen-bond acceptors (Lipinski definition) is 5. The summed E-state index contributed by atoms with van der Waals surface area (Å²) in [5.74, 6) is 1.45. The predicted octanol–water partition coefficient (Wildman–Crippen LogP) is 1.61. The summed E-state index contributed by atoms with van der Waals surface area (Å²) in [6.07, 6.45) is 1.78. The fraction of sp³-hybridized carbons (Fsp3) is 0.667. The fourth-order valence-electron chi connectivity index (χ4n) is 4.33. The summed E-state index contributed by atoms with van der Waals surface area (Å²) >= 11 is 0. The van der Waals surface area contributed by atoms with Crippen LogP contribution in [-0.2, 0) is 22.5 Å². The molecule has 0 amide bonds. The molecule has 1 atom stereocenters. The first-order valence-electron chi connectivity index (χ1n) is 10.6. The van der Waals surface area contributed by atoms with Gasteiger partial charge in [0.05, 0.1) is 19.8 Å². The average Bonchev–Trinajstić information content (AvgIpc) is 3.24. The predicted molar refractivity (Wildman–Crippen MR) is 109 cm³/mol. The molecular formula is C21H31FN4O3. The van der Waals surface area contributed by atoms with Crippen molar-refractivity contribution in [1.82, 2.24) is 15.1 Å². The monoisotopic (exact) mass is 406 g/mol. The van der Waals surface area contributed by atoms with E-state index in [2.05, 4.69) is 22.0 Å². The van der Waals surface area contributed by atoms with Gasteiger partial charge in [0.25, 0.3) is 0 Å². The van der Waals surface area contributed by atoms with E-state index >= 15 is 0 Å². The molecule has 3 aliphatic heterocycles.